The molecular formula is C18H21N3. The predicted molar refractivity (Wildman–Crippen MR) is 87.6 cm³/mol. The summed E-state index contributed by atoms with van der Waals surface area (Å²) in [4.78, 5) is 4.89. The van der Waals surface area contributed by atoms with Crippen LogP contribution in [0.4, 0.5) is 5.69 Å². The highest BCUT2D eigenvalue weighted by Crippen LogP contribution is 2.31. The van der Waals surface area contributed by atoms with Gasteiger partial charge < -0.3 is 9.80 Å². The maximum Gasteiger partial charge on any atom is 0.0998 e. The van der Waals surface area contributed by atoms with Gasteiger partial charge in [0, 0.05) is 35.6 Å². The lowest BCUT2D eigenvalue weighted by atomic mass is 10.0. The van der Waals surface area contributed by atoms with Crippen LogP contribution in [-0.4, -0.2) is 37.6 Å². The smallest absolute Gasteiger partial charge is 0.0998 e. The van der Waals surface area contributed by atoms with Gasteiger partial charge in [0.1, 0.15) is 0 Å². The third kappa shape index (κ3) is 2.59. The first kappa shape index (κ1) is 13.9. The van der Waals surface area contributed by atoms with Gasteiger partial charge in [0.15, 0.2) is 0 Å². The second kappa shape index (κ2) is 5.75. The molecule has 2 aromatic carbocycles. The van der Waals surface area contributed by atoms with Gasteiger partial charge in [-0.25, -0.2) is 0 Å². The van der Waals surface area contributed by atoms with Crippen LogP contribution in [0.5, 0.6) is 0 Å². The Morgan fingerprint density at radius 2 is 1.86 bits per heavy atom. The zero-order valence-corrected chi connectivity index (χ0v) is 12.7. The predicted octanol–water partition coefficient (Wildman–Crippen LogP) is 3.24. The molecule has 0 amide bonds. The van der Waals surface area contributed by atoms with Gasteiger partial charge in [-0.05, 0) is 39.1 Å². The summed E-state index contributed by atoms with van der Waals surface area (Å²) < 4.78 is 0. The molecule has 2 aromatic rings. The largest absolute Gasteiger partial charge is 0.367 e. The van der Waals surface area contributed by atoms with Crippen molar-refractivity contribution in [2.75, 3.05) is 31.6 Å². The molecule has 3 nitrogen and oxygen atoms in total. The Balaban J connectivity index is 2.10. The van der Waals surface area contributed by atoms with Crippen molar-refractivity contribution in [2.24, 2.45) is 0 Å². The molecule has 1 aliphatic heterocycles. The number of nitriles is 1. The van der Waals surface area contributed by atoms with Gasteiger partial charge in [0.05, 0.1) is 11.6 Å². The third-order valence-corrected chi connectivity index (χ3v) is 4.38. The molecule has 0 aliphatic carbocycles. The Hall–Kier alpha value is -2.05. The maximum atomic E-state index is 9.30. The van der Waals surface area contributed by atoms with Crippen LogP contribution >= 0.6 is 0 Å². The van der Waals surface area contributed by atoms with Crippen LogP contribution in [0.3, 0.4) is 0 Å². The highest BCUT2D eigenvalue weighted by Gasteiger charge is 2.21. The lowest BCUT2D eigenvalue weighted by Crippen LogP contribution is -2.38. The van der Waals surface area contributed by atoms with Gasteiger partial charge in [-0.1, -0.05) is 24.3 Å². The average Bonchev–Trinajstić information content (AvgIpc) is 2.66. The van der Waals surface area contributed by atoms with Crippen LogP contribution in [0.1, 0.15) is 18.9 Å². The molecule has 0 bridgehead atoms. The number of likely N-dealkylation sites (N-methyl/N-ethyl adjacent to an activating group) is 1. The zero-order chi connectivity index (χ0) is 14.8. The highest BCUT2D eigenvalue weighted by molar-refractivity contribution is 5.98. The fourth-order valence-corrected chi connectivity index (χ4v) is 3.36. The Morgan fingerprint density at radius 3 is 2.62 bits per heavy atom. The van der Waals surface area contributed by atoms with Crippen molar-refractivity contribution in [2.45, 2.75) is 19.4 Å². The van der Waals surface area contributed by atoms with Gasteiger partial charge in [-0.3, -0.25) is 0 Å². The minimum Gasteiger partial charge on any atom is -0.367 e. The number of nitrogens with zero attached hydrogens (tertiary/aromatic N) is 3. The minimum atomic E-state index is 0.480. The van der Waals surface area contributed by atoms with E-state index in [0.717, 1.165) is 30.6 Å². The van der Waals surface area contributed by atoms with E-state index < -0.39 is 0 Å². The number of rotatable bonds is 1. The third-order valence-electron chi connectivity index (χ3n) is 4.38. The summed E-state index contributed by atoms with van der Waals surface area (Å²) in [6.07, 6.45) is 1.18. The fraction of sp³-hybridized carbons (Fsp3) is 0.389. The van der Waals surface area contributed by atoms with Crippen molar-refractivity contribution < 1.29 is 0 Å². The number of fused-ring (bicyclic) bond motifs is 1. The molecule has 21 heavy (non-hydrogen) atoms. The molecule has 1 unspecified atom stereocenters. The van der Waals surface area contributed by atoms with Gasteiger partial charge in [-0.2, -0.15) is 5.26 Å². The fourth-order valence-electron chi connectivity index (χ4n) is 3.36. The molecule has 108 valence electrons. The van der Waals surface area contributed by atoms with Gasteiger partial charge in [-0.15, -0.1) is 0 Å². The average molecular weight is 279 g/mol. The van der Waals surface area contributed by atoms with Crippen LogP contribution < -0.4 is 4.90 Å². The van der Waals surface area contributed by atoms with Gasteiger partial charge >= 0.3 is 0 Å². The van der Waals surface area contributed by atoms with E-state index in [1.807, 2.05) is 18.2 Å². The molecule has 1 heterocycles. The Morgan fingerprint density at radius 1 is 1.10 bits per heavy atom. The van der Waals surface area contributed by atoms with Gasteiger partial charge in [0.25, 0.3) is 0 Å². The molecule has 1 atom stereocenters. The molecule has 3 heteroatoms. The van der Waals surface area contributed by atoms with E-state index in [1.165, 1.54) is 17.5 Å². The number of hydrogen-bond acceptors (Lipinski definition) is 3. The SMILES string of the molecule is CC1CN(C)CCCN1c1ccc(C#N)c2ccccc12. The molecule has 1 aliphatic rings. The van der Waals surface area contributed by atoms with E-state index in [1.54, 1.807) is 0 Å². The van der Waals surface area contributed by atoms with Gasteiger partial charge in [0.2, 0.25) is 0 Å². The first-order valence-electron chi connectivity index (χ1n) is 7.57. The molecule has 0 aromatic heterocycles. The van der Waals surface area contributed by atoms with Crippen LogP contribution in [0.15, 0.2) is 36.4 Å². The molecule has 3 rings (SSSR count). The molecule has 0 N–H and O–H groups in total. The highest BCUT2D eigenvalue weighted by atomic mass is 15.2. The lowest BCUT2D eigenvalue weighted by Gasteiger charge is -2.31. The van der Waals surface area contributed by atoms with Crippen molar-refractivity contribution >= 4 is 16.5 Å². The van der Waals surface area contributed by atoms with Crippen LogP contribution in [0.25, 0.3) is 10.8 Å². The van der Waals surface area contributed by atoms with Crippen molar-refractivity contribution in [1.82, 2.24) is 4.90 Å². The summed E-state index contributed by atoms with van der Waals surface area (Å²) in [6.45, 7) is 5.58. The van der Waals surface area contributed by atoms with Crippen molar-refractivity contribution in [1.29, 1.82) is 5.26 Å². The summed E-state index contributed by atoms with van der Waals surface area (Å²) in [5, 5.41) is 11.5. The standard InChI is InChI=1S/C18H21N3/c1-14-13-20(2)10-5-11-21(14)18-9-8-15(12-19)16-6-3-4-7-17(16)18/h3-4,6-9,14H,5,10-11,13H2,1-2H3. The molecule has 0 radical (unpaired) electrons. The van der Waals surface area contributed by atoms with Crippen molar-refractivity contribution in [3.05, 3.63) is 42.0 Å². The van der Waals surface area contributed by atoms with Crippen molar-refractivity contribution in [3.8, 4) is 6.07 Å². The van der Waals surface area contributed by atoms with E-state index in [9.17, 15) is 5.26 Å². The monoisotopic (exact) mass is 279 g/mol. The summed E-state index contributed by atoms with van der Waals surface area (Å²) >= 11 is 0. The Bertz CT molecular complexity index is 686. The molecule has 0 saturated carbocycles. The van der Waals surface area contributed by atoms with E-state index in [-0.39, 0.29) is 0 Å². The summed E-state index contributed by atoms with van der Waals surface area (Å²) in [5.41, 5.74) is 2.02. The quantitative estimate of drug-likeness (QED) is 0.803. The van der Waals surface area contributed by atoms with Crippen LogP contribution in [0, 0.1) is 11.3 Å². The Kier molecular flexibility index (Phi) is 3.81. The van der Waals surface area contributed by atoms with E-state index in [4.69, 9.17) is 0 Å². The van der Waals surface area contributed by atoms with E-state index in [2.05, 4.69) is 48.0 Å². The first-order chi connectivity index (χ1) is 10.2. The second-order valence-corrected chi connectivity index (χ2v) is 5.95. The second-order valence-electron chi connectivity index (χ2n) is 5.95. The normalized spacial score (nSPS) is 20.2. The lowest BCUT2D eigenvalue weighted by molar-refractivity contribution is 0.337. The Labute approximate surface area is 126 Å². The zero-order valence-electron chi connectivity index (χ0n) is 12.7. The minimum absolute atomic E-state index is 0.480. The first-order valence-corrected chi connectivity index (χ1v) is 7.57. The van der Waals surface area contributed by atoms with E-state index >= 15 is 0 Å². The summed E-state index contributed by atoms with van der Waals surface area (Å²) in [7, 11) is 2.19. The summed E-state index contributed by atoms with van der Waals surface area (Å²) in [5.74, 6) is 0. The molecule has 0 spiro atoms. The topological polar surface area (TPSA) is 30.3 Å². The number of anilines is 1. The maximum absolute atomic E-state index is 9.30. The molecular weight excluding hydrogens is 258 g/mol. The van der Waals surface area contributed by atoms with Crippen LogP contribution in [-0.2, 0) is 0 Å². The number of benzene rings is 2. The molecule has 1 saturated heterocycles. The van der Waals surface area contributed by atoms with Crippen molar-refractivity contribution in [3.63, 3.8) is 0 Å². The summed E-state index contributed by atoms with van der Waals surface area (Å²) in [6, 6.07) is 15.1. The number of hydrogen-bond donors (Lipinski definition) is 0. The molecule has 1 fully saturated rings. The van der Waals surface area contributed by atoms with Crippen LogP contribution in [0.2, 0.25) is 0 Å². The van der Waals surface area contributed by atoms with E-state index in [0.29, 0.717) is 6.04 Å².